The molecule has 0 N–H and O–H groups in total. The highest BCUT2D eigenvalue weighted by Crippen LogP contribution is 2.37. The third-order valence-corrected chi connectivity index (χ3v) is 5.48. The van der Waals surface area contributed by atoms with Crippen molar-refractivity contribution < 1.29 is 13.6 Å². The highest BCUT2D eigenvalue weighted by molar-refractivity contribution is 8.27. The Balaban J connectivity index is 1.62. The molecular formula is C21H14FNO2S2. The SMILES string of the molecule is Cc1ccccc1N1C(=O)C(=Cc2ccc(-c3ccc(F)cc3)o2)SC1=S. The number of para-hydroxylation sites is 1. The van der Waals surface area contributed by atoms with Crippen LogP contribution in [0.2, 0.25) is 0 Å². The summed E-state index contributed by atoms with van der Waals surface area (Å²) >= 11 is 6.65. The van der Waals surface area contributed by atoms with Crippen molar-refractivity contribution in [2.75, 3.05) is 4.90 Å². The van der Waals surface area contributed by atoms with Gasteiger partial charge in [0.25, 0.3) is 5.91 Å². The Bertz CT molecular complexity index is 1070. The standard InChI is InChI=1S/C21H14FNO2S2/c1-13-4-2-3-5-17(13)23-20(24)19(27-21(23)26)12-16-10-11-18(25-16)14-6-8-15(22)9-7-14/h2-12H,1H3. The molecule has 0 saturated carbocycles. The fraction of sp³-hybridized carbons (Fsp3) is 0.0476. The average molecular weight is 395 g/mol. The number of furan rings is 1. The van der Waals surface area contributed by atoms with Gasteiger partial charge in [0.1, 0.15) is 17.3 Å². The minimum Gasteiger partial charge on any atom is -0.457 e. The van der Waals surface area contributed by atoms with E-state index in [0.717, 1.165) is 16.8 Å². The van der Waals surface area contributed by atoms with Gasteiger partial charge in [-0.25, -0.2) is 4.39 Å². The van der Waals surface area contributed by atoms with Gasteiger partial charge in [-0.15, -0.1) is 0 Å². The van der Waals surface area contributed by atoms with E-state index in [1.54, 1.807) is 35.2 Å². The van der Waals surface area contributed by atoms with Crippen LogP contribution in [0.3, 0.4) is 0 Å². The van der Waals surface area contributed by atoms with Crippen molar-refractivity contribution in [1.29, 1.82) is 0 Å². The largest absolute Gasteiger partial charge is 0.457 e. The van der Waals surface area contributed by atoms with Gasteiger partial charge in [0, 0.05) is 11.6 Å². The van der Waals surface area contributed by atoms with Gasteiger partial charge in [0.05, 0.1) is 10.6 Å². The molecule has 27 heavy (non-hydrogen) atoms. The predicted octanol–water partition coefficient (Wildman–Crippen LogP) is 5.80. The molecule has 3 aromatic rings. The van der Waals surface area contributed by atoms with Gasteiger partial charge in [-0.05, 0) is 55.0 Å². The Morgan fingerprint density at radius 3 is 2.56 bits per heavy atom. The molecular weight excluding hydrogens is 381 g/mol. The number of amides is 1. The number of thiocarbonyl (C=S) groups is 1. The molecule has 4 rings (SSSR count). The fourth-order valence-corrected chi connectivity index (χ4v) is 4.08. The number of benzene rings is 2. The minimum absolute atomic E-state index is 0.168. The van der Waals surface area contributed by atoms with Gasteiger partial charge in [-0.3, -0.25) is 9.69 Å². The van der Waals surface area contributed by atoms with Gasteiger partial charge in [-0.1, -0.05) is 42.2 Å². The van der Waals surface area contributed by atoms with Crippen LogP contribution >= 0.6 is 24.0 Å². The number of carbonyl (C=O) groups is 1. The quantitative estimate of drug-likeness (QED) is 0.415. The number of nitrogens with zero attached hydrogens (tertiary/aromatic N) is 1. The normalized spacial score (nSPS) is 15.8. The number of halogens is 1. The van der Waals surface area contributed by atoms with E-state index in [1.807, 2.05) is 31.2 Å². The third-order valence-electron chi connectivity index (χ3n) is 4.18. The molecule has 1 fully saturated rings. The Hall–Kier alpha value is -2.70. The number of carbonyl (C=O) groups excluding carboxylic acids is 1. The first-order valence-electron chi connectivity index (χ1n) is 8.22. The molecule has 134 valence electrons. The van der Waals surface area contributed by atoms with Crippen molar-refractivity contribution in [2.24, 2.45) is 0 Å². The van der Waals surface area contributed by atoms with E-state index >= 15 is 0 Å². The van der Waals surface area contributed by atoms with E-state index in [-0.39, 0.29) is 11.7 Å². The summed E-state index contributed by atoms with van der Waals surface area (Å²) in [5.41, 5.74) is 2.53. The molecule has 1 aliphatic rings. The zero-order valence-corrected chi connectivity index (χ0v) is 15.9. The highest BCUT2D eigenvalue weighted by atomic mass is 32.2. The Morgan fingerprint density at radius 2 is 1.81 bits per heavy atom. The second-order valence-corrected chi connectivity index (χ2v) is 7.69. The van der Waals surface area contributed by atoms with Crippen LogP contribution in [0.5, 0.6) is 0 Å². The average Bonchev–Trinajstić information content (AvgIpc) is 3.22. The van der Waals surface area contributed by atoms with Crippen molar-refractivity contribution in [3.05, 3.63) is 82.7 Å². The van der Waals surface area contributed by atoms with Gasteiger partial charge >= 0.3 is 0 Å². The van der Waals surface area contributed by atoms with Crippen LogP contribution in [0.4, 0.5) is 10.1 Å². The Labute approximate surface area is 165 Å². The predicted molar refractivity (Wildman–Crippen MR) is 111 cm³/mol. The molecule has 1 aliphatic heterocycles. The summed E-state index contributed by atoms with van der Waals surface area (Å²) in [5.74, 6) is 0.680. The van der Waals surface area contributed by atoms with E-state index in [9.17, 15) is 9.18 Å². The molecule has 2 heterocycles. The molecule has 0 unspecified atom stereocenters. The lowest BCUT2D eigenvalue weighted by Gasteiger charge is -2.16. The Morgan fingerprint density at radius 1 is 1.07 bits per heavy atom. The summed E-state index contributed by atoms with van der Waals surface area (Å²) < 4.78 is 19.4. The maximum Gasteiger partial charge on any atom is 0.270 e. The molecule has 1 aromatic heterocycles. The second kappa shape index (κ2) is 7.13. The fourth-order valence-electron chi connectivity index (χ4n) is 2.82. The van der Waals surface area contributed by atoms with Crippen LogP contribution in [0.15, 0.2) is 70.0 Å². The topological polar surface area (TPSA) is 33.5 Å². The molecule has 0 radical (unpaired) electrons. The zero-order valence-electron chi connectivity index (χ0n) is 14.3. The van der Waals surface area contributed by atoms with Gasteiger partial charge in [0.15, 0.2) is 4.32 Å². The number of anilines is 1. The van der Waals surface area contributed by atoms with Gasteiger partial charge in [0.2, 0.25) is 0 Å². The molecule has 0 bridgehead atoms. The smallest absolute Gasteiger partial charge is 0.270 e. The zero-order chi connectivity index (χ0) is 19.0. The molecule has 2 aromatic carbocycles. The number of rotatable bonds is 3. The third kappa shape index (κ3) is 3.46. The van der Waals surface area contributed by atoms with E-state index in [2.05, 4.69) is 0 Å². The summed E-state index contributed by atoms with van der Waals surface area (Å²) in [4.78, 5) is 14.9. The van der Waals surface area contributed by atoms with Gasteiger partial charge in [-0.2, -0.15) is 0 Å². The highest BCUT2D eigenvalue weighted by Gasteiger charge is 2.34. The minimum atomic E-state index is -0.301. The van der Waals surface area contributed by atoms with E-state index in [0.29, 0.717) is 20.7 Å². The lowest BCUT2D eigenvalue weighted by molar-refractivity contribution is -0.113. The molecule has 3 nitrogen and oxygen atoms in total. The van der Waals surface area contributed by atoms with Crippen LogP contribution in [0, 0.1) is 12.7 Å². The van der Waals surface area contributed by atoms with Crippen LogP contribution in [0.25, 0.3) is 17.4 Å². The molecule has 1 amide bonds. The second-order valence-electron chi connectivity index (χ2n) is 6.01. The van der Waals surface area contributed by atoms with Crippen molar-refractivity contribution in [2.45, 2.75) is 6.92 Å². The summed E-state index contributed by atoms with van der Waals surface area (Å²) in [7, 11) is 0. The number of hydrogen-bond acceptors (Lipinski definition) is 4. The van der Waals surface area contributed by atoms with Crippen molar-refractivity contribution in [3.8, 4) is 11.3 Å². The molecule has 1 saturated heterocycles. The van der Waals surface area contributed by atoms with Gasteiger partial charge < -0.3 is 4.42 Å². The number of thioether (sulfide) groups is 1. The molecule has 6 heteroatoms. The van der Waals surface area contributed by atoms with Crippen LogP contribution in [-0.4, -0.2) is 10.2 Å². The summed E-state index contributed by atoms with van der Waals surface area (Å²) in [6.45, 7) is 1.94. The first-order chi connectivity index (χ1) is 13.0. The monoisotopic (exact) mass is 395 g/mol. The summed E-state index contributed by atoms with van der Waals surface area (Å²) in [5, 5.41) is 0. The van der Waals surface area contributed by atoms with E-state index in [1.165, 1.54) is 23.9 Å². The summed E-state index contributed by atoms with van der Waals surface area (Å²) in [6.07, 6.45) is 1.69. The lowest BCUT2D eigenvalue weighted by Crippen LogP contribution is -2.28. The van der Waals surface area contributed by atoms with Crippen LogP contribution in [-0.2, 0) is 4.79 Å². The summed E-state index contributed by atoms with van der Waals surface area (Å²) in [6, 6.07) is 17.3. The van der Waals surface area contributed by atoms with Crippen molar-refractivity contribution >= 4 is 46.0 Å². The van der Waals surface area contributed by atoms with Crippen LogP contribution < -0.4 is 4.90 Å². The maximum absolute atomic E-state index is 13.1. The van der Waals surface area contributed by atoms with Crippen LogP contribution in [0.1, 0.15) is 11.3 Å². The molecule has 0 spiro atoms. The maximum atomic E-state index is 13.1. The lowest BCUT2D eigenvalue weighted by atomic mass is 10.2. The van der Waals surface area contributed by atoms with Crippen molar-refractivity contribution in [1.82, 2.24) is 0 Å². The Kier molecular flexibility index (Phi) is 4.68. The van der Waals surface area contributed by atoms with E-state index < -0.39 is 0 Å². The first kappa shape index (κ1) is 17.7. The van der Waals surface area contributed by atoms with Crippen molar-refractivity contribution in [3.63, 3.8) is 0 Å². The van der Waals surface area contributed by atoms with E-state index in [4.69, 9.17) is 16.6 Å². The number of hydrogen-bond donors (Lipinski definition) is 0. The number of aryl methyl sites for hydroxylation is 1. The molecule has 0 atom stereocenters. The first-order valence-corrected chi connectivity index (χ1v) is 9.45. The molecule has 0 aliphatic carbocycles.